The van der Waals surface area contributed by atoms with E-state index in [1.54, 1.807) is 11.3 Å². The number of aryl methyl sites for hydroxylation is 1. The molecule has 0 spiro atoms. The highest BCUT2D eigenvalue weighted by Gasteiger charge is 2.43. The first-order valence-electron chi connectivity index (χ1n) is 5.10. The van der Waals surface area contributed by atoms with Crippen LogP contribution in [-0.2, 0) is 12.0 Å². The Morgan fingerprint density at radius 2 is 2.43 bits per heavy atom. The predicted molar refractivity (Wildman–Crippen MR) is 59.5 cm³/mol. The molecule has 78 valence electrons. The average molecular weight is 211 g/mol. The van der Waals surface area contributed by atoms with Crippen LogP contribution in [0.1, 0.15) is 28.7 Å². The Labute approximate surface area is 88.8 Å². The largest absolute Gasteiger partial charge is 0.384 e. The lowest BCUT2D eigenvalue weighted by Gasteiger charge is -2.27. The molecule has 0 fully saturated rings. The molecule has 1 aromatic heterocycles. The summed E-state index contributed by atoms with van der Waals surface area (Å²) in [7, 11) is 0. The average Bonchev–Trinajstić information content (AvgIpc) is 2.55. The van der Waals surface area contributed by atoms with Crippen molar-refractivity contribution in [3.8, 4) is 0 Å². The summed E-state index contributed by atoms with van der Waals surface area (Å²) in [5, 5.41) is 10.6. The topological polar surface area (TPSA) is 46.2 Å². The van der Waals surface area contributed by atoms with Gasteiger partial charge in [-0.2, -0.15) is 0 Å². The van der Waals surface area contributed by atoms with Gasteiger partial charge in [0, 0.05) is 9.75 Å². The Balaban J connectivity index is 2.41. The van der Waals surface area contributed by atoms with E-state index >= 15 is 0 Å². The van der Waals surface area contributed by atoms with Crippen LogP contribution < -0.4 is 5.73 Å². The molecule has 0 saturated carbocycles. The van der Waals surface area contributed by atoms with Crippen LogP contribution in [0.4, 0.5) is 0 Å². The third-order valence-corrected chi connectivity index (χ3v) is 4.45. The van der Waals surface area contributed by atoms with Gasteiger partial charge in [0.15, 0.2) is 0 Å². The molecule has 3 N–H and O–H groups in total. The van der Waals surface area contributed by atoms with Gasteiger partial charge in [-0.3, -0.25) is 0 Å². The van der Waals surface area contributed by atoms with Crippen molar-refractivity contribution in [3.05, 3.63) is 21.4 Å². The van der Waals surface area contributed by atoms with Crippen LogP contribution in [0.3, 0.4) is 0 Å². The zero-order valence-corrected chi connectivity index (χ0v) is 9.53. The SMILES string of the molecule is Cc1cc2c(s1)C(O)(CCN)C(C)C2. The molecule has 0 aliphatic heterocycles. The van der Waals surface area contributed by atoms with E-state index in [-0.39, 0.29) is 0 Å². The first-order chi connectivity index (χ1) is 6.58. The Morgan fingerprint density at radius 3 is 3.07 bits per heavy atom. The molecule has 1 aliphatic carbocycles. The fourth-order valence-electron chi connectivity index (χ4n) is 2.39. The van der Waals surface area contributed by atoms with E-state index in [1.807, 2.05) is 0 Å². The summed E-state index contributed by atoms with van der Waals surface area (Å²) in [6.07, 6.45) is 1.68. The number of fused-ring (bicyclic) bond motifs is 1. The second-order valence-corrected chi connectivity index (χ2v) is 5.54. The van der Waals surface area contributed by atoms with Crippen LogP contribution in [0.25, 0.3) is 0 Å². The van der Waals surface area contributed by atoms with Gasteiger partial charge in [-0.25, -0.2) is 0 Å². The van der Waals surface area contributed by atoms with Crippen LogP contribution in [0.5, 0.6) is 0 Å². The van der Waals surface area contributed by atoms with Gasteiger partial charge in [0.2, 0.25) is 0 Å². The van der Waals surface area contributed by atoms with E-state index in [0.29, 0.717) is 18.9 Å². The Morgan fingerprint density at radius 1 is 1.71 bits per heavy atom. The smallest absolute Gasteiger partial charge is 0.103 e. The van der Waals surface area contributed by atoms with Crippen LogP contribution in [-0.4, -0.2) is 11.7 Å². The molecule has 1 heterocycles. The van der Waals surface area contributed by atoms with Gasteiger partial charge in [0.1, 0.15) is 5.60 Å². The maximum atomic E-state index is 10.6. The van der Waals surface area contributed by atoms with Crippen molar-refractivity contribution in [2.75, 3.05) is 6.54 Å². The molecule has 2 unspecified atom stereocenters. The van der Waals surface area contributed by atoms with Crippen LogP contribution in [0.2, 0.25) is 0 Å². The van der Waals surface area contributed by atoms with Gasteiger partial charge in [-0.05, 0) is 43.9 Å². The fraction of sp³-hybridized carbons (Fsp3) is 0.636. The van der Waals surface area contributed by atoms with Crippen molar-refractivity contribution in [3.63, 3.8) is 0 Å². The zero-order valence-electron chi connectivity index (χ0n) is 8.71. The summed E-state index contributed by atoms with van der Waals surface area (Å²) in [6, 6.07) is 2.20. The first-order valence-corrected chi connectivity index (χ1v) is 5.92. The molecule has 0 bridgehead atoms. The molecule has 0 radical (unpaired) electrons. The first kappa shape index (κ1) is 10.1. The van der Waals surface area contributed by atoms with Gasteiger partial charge in [0.25, 0.3) is 0 Å². The number of nitrogens with two attached hydrogens (primary N) is 1. The number of rotatable bonds is 2. The van der Waals surface area contributed by atoms with Crippen molar-refractivity contribution in [2.24, 2.45) is 11.7 Å². The van der Waals surface area contributed by atoms with Crippen molar-refractivity contribution >= 4 is 11.3 Å². The van der Waals surface area contributed by atoms with E-state index < -0.39 is 5.60 Å². The molecule has 2 nitrogen and oxygen atoms in total. The summed E-state index contributed by atoms with van der Waals surface area (Å²) in [6.45, 7) is 4.76. The highest BCUT2D eigenvalue weighted by atomic mass is 32.1. The molecule has 0 saturated heterocycles. The van der Waals surface area contributed by atoms with Crippen molar-refractivity contribution in [1.29, 1.82) is 0 Å². The lowest BCUT2D eigenvalue weighted by molar-refractivity contribution is -0.00717. The van der Waals surface area contributed by atoms with Gasteiger partial charge in [-0.15, -0.1) is 11.3 Å². The van der Waals surface area contributed by atoms with Crippen molar-refractivity contribution in [1.82, 2.24) is 0 Å². The third kappa shape index (κ3) is 1.31. The molecule has 0 aromatic carbocycles. The molecular weight excluding hydrogens is 194 g/mol. The summed E-state index contributed by atoms with van der Waals surface area (Å²) >= 11 is 1.72. The summed E-state index contributed by atoms with van der Waals surface area (Å²) in [5.41, 5.74) is 6.24. The Hall–Kier alpha value is -0.380. The molecule has 1 aliphatic rings. The fourth-order valence-corrected chi connectivity index (χ4v) is 3.66. The maximum absolute atomic E-state index is 10.6. The normalized spacial score (nSPS) is 30.7. The van der Waals surface area contributed by atoms with Crippen LogP contribution in [0, 0.1) is 12.8 Å². The number of hydrogen-bond donors (Lipinski definition) is 2. The van der Waals surface area contributed by atoms with E-state index in [1.165, 1.54) is 10.4 Å². The lowest BCUT2D eigenvalue weighted by Crippen LogP contribution is -2.31. The lowest BCUT2D eigenvalue weighted by atomic mass is 9.89. The number of thiophene rings is 1. The maximum Gasteiger partial charge on any atom is 0.103 e. The van der Waals surface area contributed by atoms with E-state index in [0.717, 1.165) is 11.3 Å². The third-order valence-electron chi connectivity index (χ3n) is 3.19. The Kier molecular flexibility index (Phi) is 2.41. The van der Waals surface area contributed by atoms with Crippen LogP contribution in [0.15, 0.2) is 6.07 Å². The molecular formula is C11H17NOS. The quantitative estimate of drug-likeness (QED) is 0.783. The minimum absolute atomic E-state index is 0.313. The molecule has 2 rings (SSSR count). The minimum atomic E-state index is -0.650. The van der Waals surface area contributed by atoms with Crippen LogP contribution >= 0.6 is 11.3 Å². The van der Waals surface area contributed by atoms with E-state index in [4.69, 9.17) is 5.73 Å². The van der Waals surface area contributed by atoms with Gasteiger partial charge in [-0.1, -0.05) is 6.92 Å². The standard InChI is InChI=1S/C11H17NOS/c1-7-5-9-6-8(2)14-10(9)11(7,13)3-4-12/h6-7,13H,3-5,12H2,1-2H3. The second-order valence-electron chi connectivity index (χ2n) is 4.28. The monoisotopic (exact) mass is 211 g/mol. The van der Waals surface area contributed by atoms with Crippen molar-refractivity contribution in [2.45, 2.75) is 32.3 Å². The van der Waals surface area contributed by atoms with E-state index in [2.05, 4.69) is 19.9 Å². The summed E-state index contributed by atoms with van der Waals surface area (Å²) in [4.78, 5) is 2.45. The zero-order chi connectivity index (χ0) is 10.3. The molecule has 0 amide bonds. The number of aliphatic hydroxyl groups is 1. The molecule has 3 heteroatoms. The summed E-state index contributed by atoms with van der Waals surface area (Å²) in [5.74, 6) is 0.313. The highest BCUT2D eigenvalue weighted by Crippen LogP contribution is 2.47. The van der Waals surface area contributed by atoms with Gasteiger partial charge >= 0.3 is 0 Å². The minimum Gasteiger partial charge on any atom is -0.384 e. The molecule has 1 aromatic rings. The van der Waals surface area contributed by atoms with Gasteiger partial charge < -0.3 is 10.8 Å². The second kappa shape index (κ2) is 3.33. The van der Waals surface area contributed by atoms with E-state index in [9.17, 15) is 5.11 Å². The highest BCUT2D eigenvalue weighted by molar-refractivity contribution is 7.12. The molecule has 2 atom stereocenters. The molecule has 14 heavy (non-hydrogen) atoms. The van der Waals surface area contributed by atoms with Gasteiger partial charge in [0.05, 0.1) is 0 Å². The predicted octanol–water partition coefficient (Wildman–Crippen LogP) is 1.79. The summed E-state index contributed by atoms with van der Waals surface area (Å²) < 4.78 is 0. The number of hydrogen-bond acceptors (Lipinski definition) is 3. The Bertz CT molecular complexity index is 347. The van der Waals surface area contributed by atoms with Crippen molar-refractivity contribution < 1.29 is 5.11 Å².